The number of nitrogens with two attached hydrogens (primary N) is 1. The molecule has 0 saturated carbocycles. The molecular formula is C58H74N10O12S. The molecular weight excluding hydrogens is 1060 g/mol. The maximum Gasteiger partial charge on any atom is 0.251 e. The van der Waals surface area contributed by atoms with Gasteiger partial charge >= 0.3 is 0 Å². The Labute approximate surface area is 475 Å². The number of anilines is 1. The zero-order valence-electron chi connectivity index (χ0n) is 46.5. The highest BCUT2D eigenvalue weighted by molar-refractivity contribution is 7.13. The van der Waals surface area contributed by atoms with Gasteiger partial charge in [-0.15, -0.1) is 21.5 Å². The molecule has 0 bridgehead atoms. The van der Waals surface area contributed by atoms with Gasteiger partial charge in [-0.25, -0.2) is 4.98 Å². The van der Waals surface area contributed by atoms with E-state index in [2.05, 4.69) is 36.2 Å². The Balaban J connectivity index is 0.664. The van der Waals surface area contributed by atoms with Crippen molar-refractivity contribution in [3.05, 3.63) is 119 Å². The lowest BCUT2D eigenvalue weighted by Crippen LogP contribution is -2.58. The van der Waals surface area contributed by atoms with Crippen LogP contribution in [0.5, 0.6) is 5.75 Å². The van der Waals surface area contributed by atoms with Crippen LogP contribution in [0.1, 0.15) is 67.3 Å². The molecule has 3 aromatic heterocycles. The van der Waals surface area contributed by atoms with Crippen LogP contribution in [0, 0.1) is 12.3 Å². The number of aliphatic hydroxyl groups is 1. The van der Waals surface area contributed by atoms with Gasteiger partial charge in [0.2, 0.25) is 17.7 Å². The number of nitrogens with zero attached hydrogens (tertiary/aromatic N) is 6. The molecule has 4 atom stereocenters. The number of aryl methyl sites for hydroxylation is 1. The first-order chi connectivity index (χ1) is 39.1. The van der Waals surface area contributed by atoms with Gasteiger partial charge in [0.1, 0.15) is 24.4 Å². The Morgan fingerprint density at radius 2 is 1.42 bits per heavy atom. The fourth-order valence-electron chi connectivity index (χ4n) is 8.80. The Morgan fingerprint density at radius 3 is 2.04 bits per heavy atom. The van der Waals surface area contributed by atoms with Crippen molar-refractivity contribution in [3.8, 4) is 38.6 Å². The summed E-state index contributed by atoms with van der Waals surface area (Å²) < 4.78 is 35.1. The molecule has 7 rings (SSSR count). The number of hydrogen-bond acceptors (Lipinski definition) is 18. The summed E-state index contributed by atoms with van der Waals surface area (Å²) in [5, 5.41) is 42.2. The minimum absolute atomic E-state index is 0.0250. The number of phenolic OH excluding ortho intramolecular Hbond substituents is 1. The van der Waals surface area contributed by atoms with Crippen molar-refractivity contribution >= 4 is 40.8 Å². The molecule has 1 saturated heterocycles. The fraction of sp³-hybridized carbons (Fsp3) is 0.448. The highest BCUT2D eigenvalue weighted by Crippen LogP contribution is 2.33. The van der Waals surface area contributed by atoms with E-state index in [9.17, 15) is 29.4 Å². The molecule has 7 N–H and O–H groups in total. The molecule has 4 heterocycles. The number of aromatic hydroxyl groups is 1. The van der Waals surface area contributed by atoms with Crippen LogP contribution in [0.4, 0.5) is 5.82 Å². The number of carbonyl (C=O) groups is 4. The number of nitrogens with one attached hydrogen (secondary N) is 3. The zero-order valence-corrected chi connectivity index (χ0v) is 47.3. The number of hydrogen-bond donors (Lipinski definition) is 6. The molecule has 0 aliphatic carbocycles. The molecule has 3 aromatic carbocycles. The Hall–Kier alpha value is -7.22. The Morgan fingerprint density at radius 1 is 0.790 bits per heavy atom. The SMILES string of the molecule is Cc1ncsc1-c1ccc(CNC(=O)[C@@H]2C[C@@H](O)CN2C(=O)[C@@H](NC(=O)COCCOCCOCCOCCOCCOCCNC(=O)c2ccc(C(C)n3cc(-c4cc(-c5ccccc5O)nnc4N)cn3)cc2)C(C)(C)C)cc1. The minimum Gasteiger partial charge on any atom is -0.507 e. The molecule has 1 aliphatic heterocycles. The number of para-hydroxylation sites is 1. The zero-order chi connectivity index (χ0) is 57.7. The van der Waals surface area contributed by atoms with Gasteiger partial charge in [0.05, 0.1) is 113 Å². The van der Waals surface area contributed by atoms with Crippen molar-refractivity contribution in [2.45, 2.75) is 71.8 Å². The summed E-state index contributed by atoms with van der Waals surface area (Å²) in [5.74, 6) is -1.20. The first-order valence-electron chi connectivity index (χ1n) is 26.9. The predicted molar refractivity (Wildman–Crippen MR) is 304 cm³/mol. The van der Waals surface area contributed by atoms with Gasteiger partial charge in [0.25, 0.3) is 5.91 Å². The van der Waals surface area contributed by atoms with Crippen LogP contribution in [0.15, 0.2) is 96.8 Å². The number of rotatable bonds is 31. The third kappa shape index (κ3) is 18.1. The van der Waals surface area contributed by atoms with Gasteiger partial charge in [-0.3, -0.25) is 23.9 Å². The lowest BCUT2D eigenvalue weighted by Gasteiger charge is -2.35. The van der Waals surface area contributed by atoms with Crippen molar-refractivity contribution in [1.82, 2.24) is 45.8 Å². The fourth-order valence-corrected chi connectivity index (χ4v) is 9.61. The van der Waals surface area contributed by atoms with Gasteiger partial charge in [-0.05, 0) is 66.3 Å². The summed E-state index contributed by atoms with van der Waals surface area (Å²) in [6, 6.07) is 21.8. The van der Waals surface area contributed by atoms with E-state index in [1.165, 1.54) is 4.90 Å². The van der Waals surface area contributed by atoms with Gasteiger partial charge in [-0.1, -0.05) is 69.3 Å². The van der Waals surface area contributed by atoms with Crippen molar-refractivity contribution in [3.63, 3.8) is 0 Å². The number of aliphatic hydroxyl groups excluding tert-OH is 1. The highest BCUT2D eigenvalue weighted by Gasteiger charge is 2.44. The molecule has 4 amide bonds. The monoisotopic (exact) mass is 1130 g/mol. The largest absolute Gasteiger partial charge is 0.507 e. The van der Waals surface area contributed by atoms with Gasteiger partial charge in [0, 0.05) is 54.5 Å². The van der Waals surface area contributed by atoms with Gasteiger partial charge < -0.3 is 65.2 Å². The number of likely N-dealkylation sites (tertiary alicyclic amines) is 1. The first kappa shape index (κ1) is 61.4. The number of thiazole rings is 1. The van der Waals surface area contributed by atoms with Crippen molar-refractivity contribution in [2.75, 3.05) is 98.1 Å². The Bertz CT molecular complexity index is 2970. The van der Waals surface area contributed by atoms with E-state index in [-0.39, 0.29) is 68.8 Å². The van der Waals surface area contributed by atoms with E-state index in [0.29, 0.717) is 88.4 Å². The summed E-state index contributed by atoms with van der Waals surface area (Å²) >= 11 is 1.57. The number of phenols is 1. The van der Waals surface area contributed by atoms with Gasteiger partial charge in [0.15, 0.2) is 5.82 Å². The normalized spacial score (nSPS) is 15.1. The third-order valence-corrected chi connectivity index (χ3v) is 14.3. The van der Waals surface area contributed by atoms with Crippen LogP contribution in [0.3, 0.4) is 0 Å². The lowest BCUT2D eigenvalue weighted by molar-refractivity contribution is -0.144. The van der Waals surface area contributed by atoms with Crippen LogP contribution in [0.25, 0.3) is 32.8 Å². The maximum absolute atomic E-state index is 13.9. The van der Waals surface area contributed by atoms with Crippen LogP contribution in [-0.4, -0.2) is 174 Å². The highest BCUT2D eigenvalue weighted by atomic mass is 32.1. The van der Waals surface area contributed by atoms with Crippen molar-refractivity contribution in [2.24, 2.45) is 5.41 Å². The van der Waals surface area contributed by atoms with Crippen LogP contribution >= 0.6 is 11.3 Å². The number of carbonyl (C=O) groups excluding carboxylic acids is 4. The van der Waals surface area contributed by atoms with Gasteiger partial charge in [-0.2, -0.15) is 5.10 Å². The summed E-state index contributed by atoms with van der Waals surface area (Å²) in [6.45, 7) is 13.3. The second kappa shape index (κ2) is 30.6. The van der Waals surface area contributed by atoms with Crippen molar-refractivity contribution in [1.29, 1.82) is 0 Å². The van der Waals surface area contributed by atoms with Crippen LogP contribution < -0.4 is 21.7 Å². The van der Waals surface area contributed by atoms with Crippen LogP contribution in [-0.2, 0) is 49.3 Å². The molecule has 22 nitrogen and oxygen atoms in total. The molecule has 1 unspecified atom stereocenters. The molecule has 434 valence electrons. The average Bonchev–Trinajstić information content (AvgIpc) is 4.32. The number of β-amino-alcohol motifs (C(OH)–C–C–N with tert-alkyl or cyclic N) is 1. The third-order valence-electron chi connectivity index (χ3n) is 13.3. The summed E-state index contributed by atoms with van der Waals surface area (Å²) in [4.78, 5) is 59.9. The smallest absolute Gasteiger partial charge is 0.251 e. The molecule has 0 spiro atoms. The summed E-state index contributed by atoms with van der Waals surface area (Å²) in [7, 11) is 0. The van der Waals surface area contributed by atoms with E-state index < -0.39 is 35.4 Å². The number of ether oxygens (including phenoxy) is 6. The first-order valence-corrected chi connectivity index (χ1v) is 27.8. The van der Waals surface area contributed by atoms with Crippen molar-refractivity contribution < 1.29 is 57.8 Å². The number of benzene rings is 3. The maximum atomic E-state index is 13.9. The van der Waals surface area contributed by atoms with E-state index >= 15 is 0 Å². The predicted octanol–water partition coefficient (Wildman–Crippen LogP) is 4.97. The standard InChI is InChI=1S/C58H74N10O12S/c1-38-52(81-37-62-38)42-12-10-40(11-13-42)32-61-56(73)49-30-45(69)35-67(49)57(74)53(58(3,4)5)64-51(71)36-80-29-28-79-27-26-78-25-24-77-23-22-76-21-20-75-19-18-60-55(72)43-16-14-41(15-17-43)39(2)68-34-44(33-63-68)47-31-48(65-66-54(47)59)46-8-6-7-9-50(46)70/h6-17,31,33-34,37,39,45,49,53,69-70H,18-30,32,35-36H2,1-5H3,(H2,59,66)(H,60,72)(H,61,73)(H,64,71)/t39?,45-,49+,53-/m1/s1. The second-order valence-corrected chi connectivity index (χ2v) is 21.2. The second-order valence-electron chi connectivity index (χ2n) is 20.4. The summed E-state index contributed by atoms with van der Waals surface area (Å²) in [5.41, 5.74) is 14.1. The quantitative estimate of drug-likeness (QED) is 0.0313. The van der Waals surface area contributed by atoms with E-state index in [1.54, 1.807) is 58.6 Å². The lowest BCUT2D eigenvalue weighted by atomic mass is 9.85. The van der Waals surface area contributed by atoms with E-state index in [1.807, 2.05) is 88.8 Å². The molecule has 6 aromatic rings. The number of amides is 4. The number of nitrogen functional groups attached to an aromatic ring is 1. The number of aromatic nitrogens is 5. The minimum atomic E-state index is -0.975. The van der Waals surface area contributed by atoms with E-state index in [4.69, 9.17) is 34.2 Å². The topological polar surface area (TPSA) is 286 Å². The van der Waals surface area contributed by atoms with E-state index in [0.717, 1.165) is 32.8 Å². The Kier molecular flexibility index (Phi) is 23.2. The molecule has 23 heteroatoms. The molecule has 81 heavy (non-hydrogen) atoms. The van der Waals surface area contributed by atoms with Crippen LogP contribution in [0.2, 0.25) is 0 Å². The molecule has 1 aliphatic rings. The molecule has 0 radical (unpaired) electrons. The summed E-state index contributed by atoms with van der Waals surface area (Å²) in [6.07, 6.45) is 2.78. The molecule has 1 fully saturated rings. The average molecular weight is 1140 g/mol.